The molecule has 1 aliphatic rings. The second-order valence-electron chi connectivity index (χ2n) is 5.06. The van der Waals surface area contributed by atoms with E-state index < -0.39 is 8.80 Å². The minimum atomic E-state index is -0.898. The maximum absolute atomic E-state index is 5.61. The van der Waals surface area contributed by atoms with Crippen molar-refractivity contribution in [3.05, 3.63) is 30.3 Å². The lowest BCUT2D eigenvalue weighted by Gasteiger charge is -2.15. The van der Waals surface area contributed by atoms with Crippen LogP contribution in [0.3, 0.4) is 0 Å². The molecule has 0 amide bonds. The molecule has 1 aromatic carbocycles. The highest BCUT2D eigenvalue weighted by Crippen LogP contribution is 2.10. The molecule has 4 heteroatoms. The molecular formula is C15H24O3Si. The molecule has 0 radical (unpaired) electrons. The van der Waals surface area contributed by atoms with Gasteiger partial charge in [0.15, 0.2) is 0 Å². The smallest absolute Gasteiger partial charge is 0.104 e. The molecule has 19 heavy (non-hydrogen) atoms. The third-order valence-electron chi connectivity index (χ3n) is 3.49. The van der Waals surface area contributed by atoms with Crippen LogP contribution < -0.4 is 5.19 Å². The van der Waals surface area contributed by atoms with Crippen LogP contribution in [0.15, 0.2) is 30.3 Å². The van der Waals surface area contributed by atoms with Crippen molar-refractivity contribution in [2.45, 2.75) is 24.6 Å². The van der Waals surface area contributed by atoms with Gasteiger partial charge in [0.2, 0.25) is 0 Å². The van der Waals surface area contributed by atoms with E-state index in [4.69, 9.17) is 14.2 Å². The van der Waals surface area contributed by atoms with Crippen LogP contribution in [0, 0.1) is 0 Å². The van der Waals surface area contributed by atoms with Gasteiger partial charge in [0, 0.05) is 20.3 Å². The number of benzene rings is 1. The Labute approximate surface area is 117 Å². The molecule has 2 rings (SSSR count). The molecule has 1 heterocycles. The van der Waals surface area contributed by atoms with Crippen LogP contribution in [0.25, 0.3) is 0 Å². The lowest BCUT2D eigenvalue weighted by atomic mass is 10.4. The predicted molar refractivity (Wildman–Crippen MR) is 79.9 cm³/mol. The van der Waals surface area contributed by atoms with E-state index in [1.165, 1.54) is 12.1 Å². The van der Waals surface area contributed by atoms with Crippen molar-refractivity contribution < 1.29 is 14.2 Å². The normalized spacial score (nSPS) is 19.3. The highest BCUT2D eigenvalue weighted by Gasteiger charge is 2.22. The van der Waals surface area contributed by atoms with E-state index in [0.29, 0.717) is 6.10 Å². The zero-order valence-electron chi connectivity index (χ0n) is 11.7. The van der Waals surface area contributed by atoms with Crippen LogP contribution in [-0.4, -0.2) is 48.4 Å². The number of ether oxygens (including phenoxy) is 3. The standard InChI is InChI=1S/C15H24O3Si/c1-16-9-11-19(15-6-3-2-4-7-15)10-5-8-17-12-14-13-18-14/h2-4,6-7,14,19H,5,8-13H2,1H3. The van der Waals surface area contributed by atoms with Crippen LogP contribution in [0.1, 0.15) is 6.42 Å². The zero-order chi connectivity index (χ0) is 13.3. The Bertz CT molecular complexity index is 341. The summed E-state index contributed by atoms with van der Waals surface area (Å²) < 4.78 is 16.0. The zero-order valence-corrected chi connectivity index (χ0v) is 12.9. The van der Waals surface area contributed by atoms with Gasteiger partial charge < -0.3 is 14.2 Å². The summed E-state index contributed by atoms with van der Waals surface area (Å²) in [5, 5.41) is 1.55. The topological polar surface area (TPSA) is 31.0 Å². The average molecular weight is 280 g/mol. The molecular weight excluding hydrogens is 256 g/mol. The summed E-state index contributed by atoms with van der Waals surface area (Å²) in [5.41, 5.74) is 0. The summed E-state index contributed by atoms with van der Waals surface area (Å²) in [7, 11) is 0.889. The van der Waals surface area contributed by atoms with Crippen molar-refractivity contribution in [1.29, 1.82) is 0 Å². The Hall–Kier alpha value is -0.683. The Morgan fingerprint density at radius 1 is 1.21 bits per heavy atom. The van der Waals surface area contributed by atoms with Crippen LogP contribution in [0.2, 0.25) is 12.1 Å². The Kier molecular flexibility index (Phi) is 6.57. The second-order valence-corrected chi connectivity index (χ2v) is 8.28. The van der Waals surface area contributed by atoms with E-state index in [1.807, 2.05) is 0 Å². The molecule has 1 aromatic rings. The Morgan fingerprint density at radius 3 is 2.68 bits per heavy atom. The molecule has 0 saturated carbocycles. The summed E-state index contributed by atoms with van der Waals surface area (Å²) in [6.45, 7) is 3.40. The molecule has 0 aliphatic carbocycles. The molecule has 0 aromatic heterocycles. The van der Waals surface area contributed by atoms with E-state index >= 15 is 0 Å². The van der Waals surface area contributed by atoms with Crippen molar-refractivity contribution in [2.24, 2.45) is 0 Å². The second kappa shape index (κ2) is 8.48. The third kappa shape index (κ3) is 5.87. The van der Waals surface area contributed by atoms with Crippen molar-refractivity contribution in [1.82, 2.24) is 0 Å². The first kappa shape index (κ1) is 14.7. The first-order valence-electron chi connectivity index (χ1n) is 7.13. The van der Waals surface area contributed by atoms with E-state index in [2.05, 4.69) is 30.3 Å². The van der Waals surface area contributed by atoms with E-state index in [0.717, 1.165) is 32.8 Å². The van der Waals surface area contributed by atoms with Crippen LogP contribution in [0.4, 0.5) is 0 Å². The van der Waals surface area contributed by atoms with Crippen LogP contribution in [0.5, 0.6) is 0 Å². The fraction of sp³-hybridized carbons (Fsp3) is 0.600. The van der Waals surface area contributed by atoms with Gasteiger partial charge in [0.25, 0.3) is 0 Å². The largest absolute Gasteiger partial charge is 0.385 e. The molecule has 2 atom stereocenters. The predicted octanol–water partition coefficient (Wildman–Crippen LogP) is 1.57. The summed E-state index contributed by atoms with van der Waals surface area (Å²) in [4.78, 5) is 0. The SMILES string of the molecule is COCC[SiH](CCCOCC1CO1)c1ccccc1. The average Bonchev–Trinajstić information content (AvgIpc) is 3.27. The fourth-order valence-corrected chi connectivity index (χ4v) is 5.18. The van der Waals surface area contributed by atoms with Gasteiger partial charge >= 0.3 is 0 Å². The Morgan fingerprint density at radius 2 is 2.00 bits per heavy atom. The first-order chi connectivity index (χ1) is 9.40. The number of hydrogen-bond donors (Lipinski definition) is 0. The van der Waals surface area contributed by atoms with Gasteiger partial charge in [-0.15, -0.1) is 0 Å². The summed E-state index contributed by atoms with van der Waals surface area (Å²) in [6.07, 6.45) is 1.54. The van der Waals surface area contributed by atoms with Gasteiger partial charge in [-0.05, 0) is 12.5 Å². The number of rotatable bonds is 10. The molecule has 0 bridgehead atoms. The third-order valence-corrected chi connectivity index (χ3v) is 6.85. The fourth-order valence-electron chi connectivity index (χ4n) is 2.27. The maximum Gasteiger partial charge on any atom is 0.104 e. The first-order valence-corrected chi connectivity index (χ1v) is 9.34. The van der Waals surface area contributed by atoms with Crippen molar-refractivity contribution in [3.8, 4) is 0 Å². The molecule has 1 aliphatic heterocycles. The van der Waals surface area contributed by atoms with Gasteiger partial charge in [0.05, 0.1) is 22.0 Å². The maximum atomic E-state index is 5.61. The van der Waals surface area contributed by atoms with E-state index in [1.54, 1.807) is 12.3 Å². The number of methoxy groups -OCH3 is 1. The summed E-state index contributed by atoms with van der Waals surface area (Å²) >= 11 is 0. The summed E-state index contributed by atoms with van der Waals surface area (Å²) in [6, 6.07) is 13.4. The summed E-state index contributed by atoms with van der Waals surface area (Å²) in [5.74, 6) is 0. The molecule has 1 fully saturated rings. The van der Waals surface area contributed by atoms with Crippen molar-refractivity contribution in [2.75, 3.05) is 33.5 Å². The molecule has 2 unspecified atom stereocenters. The minimum absolute atomic E-state index is 0.385. The minimum Gasteiger partial charge on any atom is -0.385 e. The quantitative estimate of drug-likeness (QED) is 0.370. The lowest BCUT2D eigenvalue weighted by Crippen LogP contribution is -2.31. The molecule has 1 saturated heterocycles. The van der Waals surface area contributed by atoms with Gasteiger partial charge in [-0.25, -0.2) is 0 Å². The molecule has 0 N–H and O–H groups in total. The van der Waals surface area contributed by atoms with Crippen LogP contribution in [-0.2, 0) is 14.2 Å². The number of hydrogen-bond acceptors (Lipinski definition) is 3. The Balaban J connectivity index is 1.70. The monoisotopic (exact) mass is 280 g/mol. The molecule has 106 valence electrons. The highest BCUT2D eigenvalue weighted by molar-refractivity contribution is 6.73. The lowest BCUT2D eigenvalue weighted by molar-refractivity contribution is 0.117. The number of epoxide rings is 1. The van der Waals surface area contributed by atoms with Gasteiger partial charge in [0.1, 0.15) is 6.10 Å². The molecule has 3 nitrogen and oxygen atoms in total. The highest BCUT2D eigenvalue weighted by atomic mass is 28.3. The van der Waals surface area contributed by atoms with Gasteiger partial charge in [-0.3, -0.25) is 0 Å². The molecule has 0 spiro atoms. The van der Waals surface area contributed by atoms with E-state index in [-0.39, 0.29) is 0 Å². The van der Waals surface area contributed by atoms with E-state index in [9.17, 15) is 0 Å². The van der Waals surface area contributed by atoms with Gasteiger partial charge in [-0.2, -0.15) is 0 Å². The van der Waals surface area contributed by atoms with Crippen LogP contribution >= 0.6 is 0 Å². The van der Waals surface area contributed by atoms with Crippen molar-refractivity contribution in [3.63, 3.8) is 0 Å². The van der Waals surface area contributed by atoms with Gasteiger partial charge in [-0.1, -0.05) is 41.6 Å². The van der Waals surface area contributed by atoms with Crippen molar-refractivity contribution >= 4 is 14.0 Å².